The van der Waals surface area contributed by atoms with Crippen molar-refractivity contribution >= 4 is 39.2 Å². The standard InChI is InChI=1S/C56H41N3/c1-56(2)51-29-27-42(33-50(51)55-48-19-7-6-12-38(48)26-30-52(55)56)37-21-23-39(24-22-37)47-28-25-45(46-18-8-9-20-49(46)47)36-59-54(34-53(57)40-13-4-3-5-14-40)43-16-10-15-41(32-43)44-17-11-31-58-35-44/h3-36,57H,1-2H3/b54-34-,57-53?,59-36?. The Labute approximate surface area is 345 Å². The van der Waals surface area contributed by atoms with E-state index < -0.39 is 0 Å². The molecule has 1 heterocycles. The van der Waals surface area contributed by atoms with E-state index in [4.69, 9.17) is 10.4 Å². The van der Waals surface area contributed by atoms with Crippen LogP contribution in [0.3, 0.4) is 0 Å². The quantitative estimate of drug-likeness (QED) is 0.154. The number of nitrogens with zero attached hydrogens (tertiary/aromatic N) is 2. The fourth-order valence-electron chi connectivity index (χ4n) is 8.80. The first-order chi connectivity index (χ1) is 28.9. The minimum atomic E-state index is -0.0522. The van der Waals surface area contributed by atoms with Crippen LogP contribution in [0.5, 0.6) is 0 Å². The molecule has 0 fully saturated rings. The molecule has 3 heteroatoms. The number of rotatable bonds is 8. The molecule has 0 saturated carbocycles. The summed E-state index contributed by atoms with van der Waals surface area (Å²) in [5.41, 5.74) is 16.1. The van der Waals surface area contributed by atoms with E-state index in [0.717, 1.165) is 44.2 Å². The van der Waals surface area contributed by atoms with Crippen molar-refractivity contribution in [2.24, 2.45) is 4.99 Å². The van der Waals surface area contributed by atoms with E-state index in [9.17, 15) is 0 Å². The van der Waals surface area contributed by atoms with Crippen molar-refractivity contribution in [3.05, 3.63) is 228 Å². The third kappa shape index (κ3) is 6.57. The molecular weight excluding hydrogens is 715 g/mol. The summed E-state index contributed by atoms with van der Waals surface area (Å²) in [5.74, 6) is 0. The predicted octanol–water partition coefficient (Wildman–Crippen LogP) is 14.2. The van der Waals surface area contributed by atoms with Gasteiger partial charge in [-0.25, -0.2) is 0 Å². The van der Waals surface area contributed by atoms with E-state index in [0.29, 0.717) is 11.4 Å². The highest BCUT2D eigenvalue weighted by molar-refractivity contribution is 6.12. The molecule has 0 atom stereocenters. The van der Waals surface area contributed by atoms with Gasteiger partial charge in [0.2, 0.25) is 0 Å². The Morgan fingerprint density at radius 3 is 2.02 bits per heavy atom. The van der Waals surface area contributed by atoms with Gasteiger partial charge in [0.1, 0.15) is 0 Å². The second kappa shape index (κ2) is 14.8. The molecule has 1 aliphatic rings. The van der Waals surface area contributed by atoms with E-state index >= 15 is 0 Å². The molecular formula is C56H41N3. The summed E-state index contributed by atoms with van der Waals surface area (Å²) >= 11 is 0. The molecule has 0 saturated heterocycles. The highest BCUT2D eigenvalue weighted by Gasteiger charge is 2.36. The first-order valence-electron chi connectivity index (χ1n) is 20.1. The van der Waals surface area contributed by atoms with Gasteiger partial charge in [0.15, 0.2) is 0 Å². The van der Waals surface area contributed by atoms with Gasteiger partial charge in [-0.1, -0.05) is 178 Å². The summed E-state index contributed by atoms with van der Waals surface area (Å²) in [7, 11) is 0. The Balaban J connectivity index is 0.992. The molecule has 0 unspecified atom stereocenters. The number of pyridine rings is 1. The molecule has 0 amide bonds. The third-order valence-corrected chi connectivity index (χ3v) is 11.9. The van der Waals surface area contributed by atoms with E-state index in [-0.39, 0.29) is 5.41 Å². The zero-order valence-electron chi connectivity index (χ0n) is 33.0. The average Bonchev–Trinajstić information content (AvgIpc) is 3.53. The van der Waals surface area contributed by atoms with Crippen molar-refractivity contribution in [3.63, 3.8) is 0 Å². The molecule has 3 nitrogen and oxygen atoms in total. The summed E-state index contributed by atoms with van der Waals surface area (Å²) in [6.07, 6.45) is 7.44. The molecule has 1 N–H and O–H groups in total. The largest absolute Gasteiger partial charge is 0.300 e. The average molecular weight is 756 g/mol. The molecule has 0 bridgehead atoms. The Morgan fingerprint density at radius 2 is 1.20 bits per heavy atom. The first-order valence-corrected chi connectivity index (χ1v) is 20.1. The normalized spacial score (nSPS) is 13.2. The van der Waals surface area contributed by atoms with Gasteiger partial charge in [0.25, 0.3) is 0 Å². The molecule has 10 rings (SSSR count). The Bertz CT molecular complexity index is 3120. The molecule has 0 spiro atoms. The van der Waals surface area contributed by atoms with Crippen molar-refractivity contribution in [3.8, 4) is 44.5 Å². The van der Waals surface area contributed by atoms with Gasteiger partial charge in [-0.2, -0.15) is 0 Å². The van der Waals surface area contributed by atoms with Crippen LogP contribution >= 0.6 is 0 Å². The summed E-state index contributed by atoms with van der Waals surface area (Å²) in [6, 6.07) is 64.4. The highest BCUT2D eigenvalue weighted by Crippen LogP contribution is 2.52. The number of nitrogens with one attached hydrogen (secondary N) is 1. The Hall–Kier alpha value is -7.49. The maximum atomic E-state index is 8.98. The molecule has 280 valence electrons. The van der Waals surface area contributed by atoms with Crippen molar-refractivity contribution < 1.29 is 0 Å². The summed E-state index contributed by atoms with van der Waals surface area (Å²) in [4.78, 5) is 9.43. The van der Waals surface area contributed by atoms with E-state index in [2.05, 4.69) is 158 Å². The maximum absolute atomic E-state index is 8.98. The number of allylic oxidation sites excluding steroid dienone is 1. The molecule has 1 aliphatic carbocycles. The van der Waals surface area contributed by atoms with Crippen molar-refractivity contribution in [2.75, 3.05) is 0 Å². The minimum Gasteiger partial charge on any atom is -0.300 e. The van der Waals surface area contributed by atoms with Gasteiger partial charge in [-0.3, -0.25) is 9.98 Å². The molecule has 9 aromatic rings. The smallest absolute Gasteiger partial charge is 0.0723 e. The number of aliphatic imine (C=N–C) groups is 1. The second-order valence-corrected chi connectivity index (χ2v) is 15.8. The summed E-state index contributed by atoms with van der Waals surface area (Å²) in [6.45, 7) is 4.69. The van der Waals surface area contributed by atoms with E-state index in [1.165, 1.54) is 49.7 Å². The van der Waals surface area contributed by atoms with Crippen molar-refractivity contribution in [2.45, 2.75) is 19.3 Å². The lowest BCUT2D eigenvalue weighted by atomic mass is 9.82. The van der Waals surface area contributed by atoms with Crippen LogP contribution in [-0.2, 0) is 5.41 Å². The first kappa shape index (κ1) is 35.9. The molecule has 59 heavy (non-hydrogen) atoms. The van der Waals surface area contributed by atoms with Crippen molar-refractivity contribution in [1.29, 1.82) is 5.41 Å². The molecule has 0 radical (unpaired) electrons. The van der Waals surface area contributed by atoms with Gasteiger partial charge in [-0.05, 0) is 101 Å². The van der Waals surface area contributed by atoms with Crippen LogP contribution in [-0.4, -0.2) is 16.9 Å². The van der Waals surface area contributed by atoms with Gasteiger partial charge < -0.3 is 5.41 Å². The fraction of sp³-hybridized carbons (Fsp3) is 0.0536. The van der Waals surface area contributed by atoms with Crippen LogP contribution < -0.4 is 0 Å². The third-order valence-electron chi connectivity index (χ3n) is 11.9. The number of aromatic nitrogens is 1. The van der Waals surface area contributed by atoms with Gasteiger partial charge >= 0.3 is 0 Å². The minimum absolute atomic E-state index is 0.0522. The van der Waals surface area contributed by atoms with Crippen LogP contribution in [0.25, 0.3) is 71.7 Å². The lowest BCUT2D eigenvalue weighted by Gasteiger charge is -2.21. The highest BCUT2D eigenvalue weighted by atomic mass is 14.7. The Kier molecular flexibility index (Phi) is 8.99. The SMILES string of the molecule is CC1(C)c2ccc(-c3ccc(-c4ccc(C=N/C(=C\C(=N)c5ccccc5)c5cccc(-c6cccnc6)c5)c5ccccc45)cc3)cc2-c2c1ccc1ccccc21. The second-order valence-electron chi connectivity index (χ2n) is 15.8. The van der Waals surface area contributed by atoms with Crippen LogP contribution in [0.15, 0.2) is 205 Å². The van der Waals surface area contributed by atoms with Crippen LogP contribution in [0.2, 0.25) is 0 Å². The van der Waals surface area contributed by atoms with E-state index in [1.807, 2.05) is 61.0 Å². The van der Waals surface area contributed by atoms with Gasteiger partial charge in [-0.15, -0.1) is 0 Å². The lowest BCUT2D eigenvalue weighted by Crippen LogP contribution is -2.14. The fourth-order valence-corrected chi connectivity index (χ4v) is 8.80. The van der Waals surface area contributed by atoms with Crippen LogP contribution in [0, 0.1) is 5.41 Å². The van der Waals surface area contributed by atoms with Crippen LogP contribution in [0.4, 0.5) is 0 Å². The summed E-state index contributed by atoms with van der Waals surface area (Å²) < 4.78 is 0. The molecule has 8 aromatic carbocycles. The van der Waals surface area contributed by atoms with Gasteiger partial charge in [0.05, 0.1) is 11.4 Å². The van der Waals surface area contributed by atoms with E-state index in [1.54, 1.807) is 6.20 Å². The summed E-state index contributed by atoms with van der Waals surface area (Å²) in [5, 5.41) is 13.9. The molecule has 0 aliphatic heterocycles. The number of hydrogen-bond acceptors (Lipinski definition) is 3. The zero-order chi connectivity index (χ0) is 39.9. The van der Waals surface area contributed by atoms with Crippen molar-refractivity contribution in [1.82, 2.24) is 4.98 Å². The van der Waals surface area contributed by atoms with Gasteiger partial charge in [0, 0.05) is 40.7 Å². The predicted molar refractivity (Wildman–Crippen MR) is 248 cm³/mol. The maximum Gasteiger partial charge on any atom is 0.0723 e. The monoisotopic (exact) mass is 755 g/mol. The molecule has 1 aromatic heterocycles. The number of hydrogen-bond donors (Lipinski definition) is 1. The lowest BCUT2D eigenvalue weighted by molar-refractivity contribution is 0.661. The zero-order valence-corrected chi connectivity index (χ0v) is 33.0. The van der Waals surface area contributed by atoms with Crippen LogP contribution in [0.1, 0.15) is 41.7 Å². The number of benzene rings is 8. The topological polar surface area (TPSA) is 49.1 Å². The Morgan fingerprint density at radius 1 is 0.525 bits per heavy atom. The number of fused-ring (bicyclic) bond motifs is 6.